The van der Waals surface area contributed by atoms with Crippen molar-refractivity contribution >= 4 is 23.3 Å². The summed E-state index contributed by atoms with van der Waals surface area (Å²) in [6, 6.07) is 3.84. The zero-order valence-electron chi connectivity index (χ0n) is 12.2. The first-order valence-corrected chi connectivity index (χ1v) is 8.18. The van der Waals surface area contributed by atoms with E-state index in [1.807, 2.05) is 30.5 Å². The Morgan fingerprint density at radius 2 is 2.09 bits per heavy atom. The van der Waals surface area contributed by atoms with Crippen LogP contribution in [-0.4, -0.2) is 29.1 Å². The maximum Gasteiger partial charge on any atom is 0.198 e. The van der Waals surface area contributed by atoms with Crippen molar-refractivity contribution < 1.29 is 0 Å². The Hall–Kier alpha value is -2.06. The molecule has 0 saturated heterocycles. The molecule has 0 N–H and O–H groups in total. The van der Waals surface area contributed by atoms with Gasteiger partial charge >= 0.3 is 0 Å². The molecule has 0 unspecified atom stereocenters. The fraction of sp³-hybridized carbons (Fsp3) is 0.214. The van der Waals surface area contributed by atoms with Gasteiger partial charge in [-0.15, -0.1) is 10.2 Å². The van der Waals surface area contributed by atoms with Crippen molar-refractivity contribution in [1.82, 2.24) is 29.1 Å². The number of allylic oxidation sites excluding steroid dienone is 1. The molecular formula is C14H14N6S2. The third kappa shape index (κ3) is 3.23. The van der Waals surface area contributed by atoms with Crippen LogP contribution in [0.5, 0.6) is 0 Å². The van der Waals surface area contributed by atoms with Crippen LogP contribution in [0.4, 0.5) is 0 Å². The maximum atomic E-state index is 4.37. The summed E-state index contributed by atoms with van der Waals surface area (Å²) in [5, 5.41) is 9.41. The van der Waals surface area contributed by atoms with Gasteiger partial charge in [-0.2, -0.15) is 4.37 Å². The summed E-state index contributed by atoms with van der Waals surface area (Å²) in [6.45, 7) is 8.51. The van der Waals surface area contributed by atoms with Gasteiger partial charge in [0.2, 0.25) is 0 Å². The second kappa shape index (κ2) is 6.37. The third-order valence-corrected chi connectivity index (χ3v) is 4.60. The normalized spacial score (nSPS) is 10.8. The maximum absolute atomic E-state index is 4.37. The van der Waals surface area contributed by atoms with Crippen molar-refractivity contribution in [3.63, 3.8) is 0 Å². The van der Waals surface area contributed by atoms with Crippen LogP contribution in [0.25, 0.3) is 11.4 Å². The molecule has 0 amide bonds. The molecule has 22 heavy (non-hydrogen) atoms. The molecule has 0 aliphatic rings. The van der Waals surface area contributed by atoms with Gasteiger partial charge in [-0.05, 0) is 49.3 Å². The van der Waals surface area contributed by atoms with Gasteiger partial charge in [0.1, 0.15) is 5.82 Å². The fourth-order valence-corrected chi connectivity index (χ4v) is 3.47. The predicted molar refractivity (Wildman–Crippen MR) is 86.8 cm³/mol. The molecule has 0 atom stereocenters. The molecule has 112 valence electrons. The highest BCUT2D eigenvalue weighted by Crippen LogP contribution is 2.30. The monoisotopic (exact) mass is 330 g/mol. The first kappa shape index (κ1) is 14.9. The average molecular weight is 330 g/mol. The van der Waals surface area contributed by atoms with E-state index in [4.69, 9.17) is 0 Å². The highest BCUT2D eigenvalue weighted by molar-refractivity contribution is 8.00. The van der Waals surface area contributed by atoms with Crippen LogP contribution in [0.1, 0.15) is 12.7 Å². The number of nitrogens with zero attached hydrogens (tertiary/aromatic N) is 6. The minimum Gasteiger partial charge on any atom is -0.298 e. The number of hydrogen-bond donors (Lipinski definition) is 0. The number of pyridine rings is 1. The topological polar surface area (TPSA) is 69.4 Å². The van der Waals surface area contributed by atoms with Crippen LogP contribution in [0.15, 0.2) is 46.2 Å². The smallest absolute Gasteiger partial charge is 0.198 e. The molecule has 0 fully saturated rings. The number of aryl methyl sites for hydroxylation is 1. The summed E-state index contributed by atoms with van der Waals surface area (Å²) in [6.07, 6.45) is 3.49. The first-order valence-electron chi connectivity index (χ1n) is 6.59. The van der Waals surface area contributed by atoms with E-state index in [9.17, 15) is 0 Å². The summed E-state index contributed by atoms with van der Waals surface area (Å²) in [7, 11) is 0. The third-order valence-electron chi connectivity index (χ3n) is 2.77. The molecule has 3 aromatic rings. The van der Waals surface area contributed by atoms with E-state index < -0.39 is 0 Å². The molecule has 3 aromatic heterocycles. The summed E-state index contributed by atoms with van der Waals surface area (Å²) in [4.78, 5) is 8.41. The summed E-state index contributed by atoms with van der Waals surface area (Å²) >= 11 is 2.84. The number of rotatable bonds is 5. The lowest BCUT2D eigenvalue weighted by atomic mass is 10.2. The summed E-state index contributed by atoms with van der Waals surface area (Å²) in [5.74, 6) is 1.57. The number of hydrogen-bond acceptors (Lipinski definition) is 7. The van der Waals surface area contributed by atoms with Crippen molar-refractivity contribution in [3.8, 4) is 11.4 Å². The van der Waals surface area contributed by atoms with Gasteiger partial charge in [-0.3, -0.25) is 9.55 Å². The highest BCUT2D eigenvalue weighted by atomic mass is 32.2. The van der Waals surface area contributed by atoms with E-state index in [1.165, 1.54) is 23.3 Å². The van der Waals surface area contributed by atoms with Crippen LogP contribution < -0.4 is 0 Å². The Labute approximate surface area is 136 Å². The van der Waals surface area contributed by atoms with Crippen molar-refractivity contribution in [1.29, 1.82) is 0 Å². The van der Waals surface area contributed by atoms with Gasteiger partial charge in [-0.25, -0.2) is 4.98 Å². The second-order valence-electron chi connectivity index (χ2n) is 4.79. The SMILES string of the molecule is C=C(C)Cn1c(Sc2nc(C)ns2)nnc1-c1ccncc1. The van der Waals surface area contributed by atoms with Crippen molar-refractivity contribution in [2.24, 2.45) is 0 Å². The minimum atomic E-state index is 0.658. The molecular weight excluding hydrogens is 316 g/mol. The van der Waals surface area contributed by atoms with E-state index in [0.29, 0.717) is 6.54 Å². The lowest BCUT2D eigenvalue weighted by Crippen LogP contribution is -2.03. The van der Waals surface area contributed by atoms with E-state index in [0.717, 1.165) is 32.3 Å². The van der Waals surface area contributed by atoms with Gasteiger partial charge < -0.3 is 0 Å². The molecule has 0 saturated carbocycles. The van der Waals surface area contributed by atoms with E-state index in [1.54, 1.807) is 12.4 Å². The lowest BCUT2D eigenvalue weighted by molar-refractivity contribution is 0.706. The first-order chi connectivity index (χ1) is 10.6. The van der Waals surface area contributed by atoms with Crippen LogP contribution in [-0.2, 0) is 6.54 Å². The van der Waals surface area contributed by atoms with Crippen LogP contribution >= 0.6 is 23.3 Å². The minimum absolute atomic E-state index is 0.658. The van der Waals surface area contributed by atoms with Crippen molar-refractivity contribution in [3.05, 3.63) is 42.5 Å². The van der Waals surface area contributed by atoms with Crippen LogP contribution in [0.2, 0.25) is 0 Å². The zero-order valence-corrected chi connectivity index (χ0v) is 13.9. The highest BCUT2D eigenvalue weighted by Gasteiger charge is 2.16. The standard InChI is InChI=1S/C14H14N6S2/c1-9(2)8-20-12(11-4-6-15-7-5-11)17-18-13(20)21-14-16-10(3)19-22-14/h4-7H,1,8H2,2-3H3. The fourth-order valence-electron chi connectivity index (χ4n) is 1.89. The molecule has 0 radical (unpaired) electrons. The Balaban J connectivity index is 1.99. The molecule has 8 heteroatoms. The predicted octanol–water partition coefficient (Wildman–Crippen LogP) is 3.23. The number of aromatic nitrogens is 6. The van der Waals surface area contributed by atoms with Gasteiger partial charge in [0.25, 0.3) is 0 Å². The van der Waals surface area contributed by atoms with Gasteiger partial charge in [0.15, 0.2) is 15.3 Å². The molecule has 0 aliphatic heterocycles. The quantitative estimate of drug-likeness (QED) is 0.669. The van der Waals surface area contributed by atoms with Crippen molar-refractivity contribution in [2.45, 2.75) is 29.9 Å². The molecule has 6 nitrogen and oxygen atoms in total. The van der Waals surface area contributed by atoms with E-state index >= 15 is 0 Å². The Morgan fingerprint density at radius 1 is 1.32 bits per heavy atom. The lowest BCUT2D eigenvalue weighted by Gasteiger charge is -2.08. The molecule has 0 aliphatic carbocycles. The summed E-state index contributed by atoms with van der Waals surface area (Å²) < 4.78 is 7.09. The molecule has 3 rings (SSSR count). The van der Waals surface area contributed by atoms with E-state index in [-0.39, 0.29) is 0 Å². The Bertz CT molecular complexity index is 793. The van der Waals surface area contributed by atoms with Crippen LogP contribution in [0.3, 0.4) is 0 Å². The summed E-state index contributed by atoms with van der Waals surface area (Å²) in [5.41, 5.74) is 2.01. The molecule has 0 bridgehead atoms. The van der Waals surface area contributed by atoms with Gasteiger partial charge in [-0.1, -0.05) is 12.2 Å². The Kier molecular flexibility index (Phi) is 4.30. The molecule has 0 spiro atoms. The van der Waals surface area contributed by atoms with Crippen LogP contribution in [0, 0.1) is 6.92 Å². The molecule has 0 aromatic carbocycles. The average Bonchev–Trinajstić information content (AvgIpc) is 3.07. The molecule has 3 heterocycles. The van der Waals surface area contributed by atoms with Crippen molar-refractivity contribution in [2.75, 3.05) is 0 Å². The van der Waals surface area contributed by atoms with E-state index in [2.05, 4.69) is 31.1 Å². The second-order valence-corrected chi connectivity index (χ2v) is 6.76. The van der Waals surface area contributed by atoms with Gasteiger partial charge in [0, 0.05) is 24.5 Å². The van der Waals surface area contributed by atoms with Gasteiger partial charge in [0.05, 0.1) is 0 Å². The Morgan fingerprint density at radius 3 is 2.73 bits per heavy atom. The largest absolute Gasteiger partial charge is 0.298 e. The zero-order chi connectivity index (χ0) is 15.5.